The van der Waals surface area contributed by atoms with Crippen molar-refractivity contribution < 1.29 is 4.57 Å². The van der Waals surface area contributed by atoms with Crippen molar-refractivity contribution in [1.82, 2.24) is 9.38 Å². The molecular weight excluding hydrogens is 246 g/mol. The van der Waals surface area contributed by atoms with E-state index in [1.165, 1.54) is 44.1 Å². The van der Waals surface area contributed by atoms with Crippen LogP contribution in [0.3, 0.4) is 0 Å². The maximum Gasteiger partial charge on any atom is 0.295 e. The van der Waals surface area contributed by atoms with Crippen LogP contribution in [0.5, 0.6) is 0 Å². The third kappa shape index (κ3) is 0.846. The molecule has 0 aliphatic carbocycles. The Morgan fingerprint density at radius 1 is 1.05 bits per heavy atom. The minimum atomic E-state index is 0.967. The fourth-order valence-electron chi connectivity index (χ4n) is 4.18. The van der Waals surface area contributed by atoms with Gasteiger partial charge in [0.1, 0.15) is 24.0 Å². The molecule has 20 heavy (non-hydrogen) atoms. The van der Waals surface area contributed by atoms with Gasteiger partial charge in [-0.25, -0.2) is 4.57 Å². The highest BCUT2D eigenvalue weighted by Gasteiger charge is 2.32. The van der Waals surface area contributed by atoms with Crippen LogP contribution in [0.15, 0.2) is 36.8 Å². The lowest BCUT2D eigenvalue weighted by molar-refractivity contribution is -0.657. The van der Waals surface area contributed by atoms with Gasteiger partial charge >= 0.3 is 0 Å². The summed E-state index contributed by atoms with van der Waals surface area (Å²) in [5.41, 5.74) is 7.04. The third-order valence-electron chi connectivity index (χ3n) is 4.95. The summed E-state index contributed by atoms with van der Waals surface area (Å²) in [6.45, 7) is 0.967. The Hall–Kier alpha value is -2.42. The minimum Gasteiger partial charge on any atom is -0.264 e. The number of aromatic nitrogens is 3. The maximum absolute atomic E-state index is 4.47. The van der Waals surface area contributed by atoms with E-state index in [1.807, 2.05) is 12.4 Å². The lowest BCUT2D eigenvalue weighted by Crippen LogP contribution is -2.28. The molecule has 0 atom stereocenters. The number of aryl methyl sites for hydroxylation is 2. The molecule has 0 amide bonds. The summed E-state index contributed by atoms with van der Waals surface area (Å²) in [6.07, 6.45) is 8.69. The van der Waals surface area contributed by atoms with Gasteiger partial charge in [0.05, 0.1) is 5.39 Å². The standard InChI is InChI=1S/C17H12N3/c1-2-10-4-5-12-9-19-8-11-6-18-7-14-13(3-1)16(10)20(12)17(19)15(11)14/h1-3,6-7,9H,4-5,8H2/q+1. The zero-order valence-electron chi connectivity index (χ0n) is 10.9. The molecular formula is C17H12N3+. The monoisotopic (exact) mass is 258 g/mol. The van der Waals surface area contributed by atoms with Gasteiger partial charge in [0, 0.05) is 40.7 Å². The zero-order chi connectivity index (χ0) is 12.8. The SMILES string of the molecule is c1cc2c3c(c1)c1cncc4c1c1n3c(c[n+]1C4)CC2. The van der Waals surface area contributed by atoms with Crippen LogP contribution in [0.2, 0.25) is 0 Å². The fraction of sp³-hybridized carbons (Fsp3) is 0.176. The predicted octanol–water partition coefficient (Wildman–Crippen LogP) is 2.39. The summed E-state index contributed by atoms with van der Waals surface area (Å²) in [6, 6.07) is 6.71. The third-order valence-corrected chi connectivity index (χ3v) is 4.95. The smallest absolute Gasteiger partial charge is 0.264 e. The average molecular weight is 258 g/mol. The van der Waals surface area contributed by atoms with Gasteiger partial charge in [-0.15, -0.1) is 0 Å². The van der Waals surface area contributed by atoms with Crippen molar-refractivity contribution in [3.8, 4) is 0 Å². The highest BCUT2D eigenvalue weighted by molar-refractivity contribution is 6.13. The molecule has 1 aromatic carbocycles. The largest absolute Gasteiger partial charge is 0.295 e. The van der Waals surface area contributed by atoms with Gasteiger partial charge in [-0.05, 0) is 12.5 Å². The van der Waals surface area contributed by atoms with E-state index in [0.29, 0.717) is 0 Å². The minimum absolute atomic E-state index is 0.967. The van der Waals surface area contributed by atoms with E-state index in [-0.39, 0.29) is 0 Å². The molecule has 94 valence electrons. The number of pyridine rings is 2. The number of hydrogen-bond acceptors (Lipinski definition) is 1. The van der Waals surface area contributed by atoms with E-state index in [2.05, 4.69) is 38.3 Å². The molecule has 2 aliphatic heterocycles. The normalized spacial score (nSPS) is 15.4. The predicted molar refractivity (Wildman–Crippen MR) is 76.9 cm³/mol. The number of imidazole rings is 1. The molecule has 0 N–H and O–H groups in total. The van der Waals surface area contributed by atoms with E-state index in [1.54, 1.807) is 0 Å². The van der Waals surface area contributed by atoms with Crippen molar-refractivity contribution in [2.24, 2.45) is 0 Å². The van der Waals surface area contributed by atoms with E-state index < -0.39 is 0 Å². The van der Waals surface area contributed by atoms with E-state index in [9.17, 15) is 0 Å². The summed E-state index contributed by atoms with van der Waals surface area (Å²) >= 11 is 0. The second-order valence-corrected chi connectivity index (χ2v) is 5.94. The number of hydrogen-bond donors (Lipinski definition) is 0. The Morgan fingerprint density at radius 3 is 3.05 bits per heavy atom. The van der Waals surface area contributed by atoms with Gasteiger partial charge in [-0.1, -0.05) is 12.1 Å². The van der Waals surface area contributed by atoms with Crippen molar-refractivity contribution in [2.75, 3.05) is 0 Å². The van der Waals surface area contributed by atoms with Gasteiger partial charge in [0.2, 0.25) is 0 Å². The Kier molecular flexibility index (Phi) is 1.35. The molecule has 0 saturated heterocycles. The van der Waals surface area contributed by atoms with Gasteiger partial charge in [-0.2, -0.15) is 4.40 Å². The Labute approximate surface area is 115 Å². The molecule has 3 aromatic heterocycles. The first-order chi connectivity index (χ1) is 9.92. The first-order valence-corrected chi connectivity index (χ1v) is 7.16. The summed E-state index contributed by atoms with van der Waals surface area (Å²) < 4.78 is 4.89. The molecule has 0 fully saturated rings. The zero-order valence-corrected chi connectivity index (χ0v) is 10.9. The van der Waals surface area contributed by atoms with Crippen molar-refractivity contribution >= 4 is 27.3 Å². The number of para-hydroxylation sites is 1. The van der Waals surface area contributed by atoms with Crippen molar-refractivity contribution in [3.05, 3.63) is 53.6 Å². The Bertz CT molecular complexity index is 1070. The number of benzene rings is 1. The van der Waals surface area contributed by atoms with Crippen LogP contribution in [0.25, 0.3) is 27.3 Å². The van der Waals surface area contributed by atoms with E-state index in [4.69, 9.17) is 0 Å². The first kappa shape index (κ1) is 9.48. The number of nitrogens with zero attached hydrogens (tertiary/aromatic N) is 3. The molecule has 3 nitrogen and oxygen atoms in total. The fourth-order valence-corrected chi connectivity index (χ4v) is 4.18. The highest BCUT2D eigenvalue weighted by Crippen LogP contribution is 2.37. The topological polar surface area (TPSA) is 21.2 Å². The lowest BCUT2D eigenvalue weighted by atomic mass is 9.97. The van der Waals surface area contributed by atoms with Crippen LogP contribution in [-0.2, 0) is 19.4 Å². The Balaban J connectivity index is 2.13. The van der Waals surface area contributed by atoms with Crippen molar-refractivity contribution in [2.45, 2.75) is 19.4 Å². The molecule has 0 saturated carbocycles. The van der Waals surface area contributed by atoms with Crippen LogP contribution < -0.4 is 4.57 Å². The average Bonchev–Trinajstić information content (AvgIpc) is 3.01. The van der Waals surface area contributed by atoms with Crippen LogP contribution in [-0.4, -0.2) is 9.38 Å². The van der Waals surface area contributed by atoms with E-state index in [0.717, 1.165) is 19.4 Å². The lowest BCUT2D eigenvalue weighted by Gasteiger charge is -2.12. The van der Waals surface area contributed by atoms with Gasteiger partial charge < -0.3 is 0 Å². The van der Waals surface area contributed by atoms with Crippen LogP contribution in [0.1, 0.15) is 16.8 Å². The van der Waals surface area contributed by atoms with Gasteiger partial charge in [0.25, 0.3) is 5.65 Å². The Morgan fingerprint density at radius 2 is 2.05 bits per heavy atom. The number of fused-ring (bicyclic) bond motifs is 1. The quantitative estimate of drug-likeness (QED) is 0.309. The highest BCUT2D eigenvalue weighted by atomic mass is 15.1. The second kappa shape index (κ2) is 2.85. The molecule has 3 heteroatoms. The van der Waals surface area contributed by atoms with Crippen LogP contribution in [0.4, 0.5) is 0 Å². The van der Waals surface area contributed by atoms with E-state index >= 15 is 0 Å². The molecule has 0 radical (unpaired) electrons. The summed E-state index contributed by atoms with van der Waals surface area (Å²) in [5.74, 6) is 0. The van der Waals surface area contributed by atoms with Crippen molar-refractivity contribution in [1.29, 1.82) is 0 Å². The van der Waals surface area contributed by atoms with Gasteiger partial charge in [-0.3, -0.25) is 4.98 Å². The molecule has 5 heterocycles. The van der Waals surface area contributed by atoms with Crippen LogP contribution >= 0.6 is 0 Å². The van der Waals surface area contributed by atoms with Crippen LogP contribution in [0, 0.1) is 0 Å². The summed E-state index contributed by atoms with van der Waals surface area (Å²) in [5, 5.41) is 4.06. The van der Waals surface area contributed by atoms with Crippen molar-refractivity contribution in [3.63, 3.8) is 0 Å². The second-order valence-electron chi connectivity index (χ2n) is 5.94. The molecule has 4 aromatic rings. The first-order valence-electron chi connectivity index (χ1n) is 7.16. The number of rotatable bonds is 0. The summed E-state index contributed by atoms with van der Waals surface area (Å²) in [4.78, 5) is 4.47. The molecule has 0 bridgehead atoms. The molecule has 0 spiro atoms. The molecule has 0 unspecified atom stereocenters. The summed E-state index contributed by atoms with van der Waals surface area (Å²) in [7, 11) is 0. The molecule has 2 aliphatic rings. The maximum atomic E-state index is 4.47. The molecule has 6 rings (SSSR count). The van der Waals surface area contributed by atoms with Gasteiger partial charge in [0.15, 0.2) is 0 Å².